The number of carboxylic acid groups (broad SMARTS) is 1. The average molecular weight is 297 g/mol. The van der Waals surface area contributed by atoms with E-state index < -0.39 is 12.1 Å². The monoisotopic (exact) mass is 297 g/mol. The third kappa shape index (κ3) is 5.13. The van der Waals surface area contributed by atoms with Gasteiger partial charge in [-0.1, -0.05) is 42.5 Å². The minimum absolute atomic E-state index is 0.186. The number of carbonyl (C=O) groups excluding carboxylic acids is 1. The van der Waals surface area contributed by atoms with Crippen molar-refractivity contribution in [3.8, 4) is 0 Å². The number of aliphatic carboxylic acids is 1. The third-order valence-corrected chi connectivity index (χ3v) is 2.76. The summed E-state index contributed by atoms with van der Waals surface area (Å²) in [6.07, 6.45) is 1.92. The second-order valence-electron chi connectivity index (χ2n) is 4.48. The quantitative estimate of drug-likeness (QED) is 0.828. The Hall–Kier alpha value is -3.08. The number of ether oxygens (including phenoxy) is 1. The van der Waals surface area contributed by atoms with E-state index in [9.17, 15) is 9.59 Å². The van der Waals surface area contributed by atoms with E-state index in [2.05, 4.69) is 5.32 Å². The van der Waals surface area contributed by atoms with Gasteiger partial charge in [-0.15, -0.1) is 0 Å². The first kappa shape index (κ1) is 15.3. The molecule has 0 fully saturated rings. The zero-order valence-corrected chi connectivity index (χ0v) is 11.7. The number of hydrogen-bond acceptors (Lipinski definition) is 3. The molecule has 0 saturated heterocycles. The Morgan fingerprint density at radius 3 is 2.59 bits per heavy atom. The van der Waals surface area contributed by atoms with Gasteiger partial charge in [-0.05, 0) is 29.3 Å². The molecule has 22 heavy (non-hydrogen) atoms. The van der Waals surface area contributed by atoms with Crippen LogP contribution in [0.15, 0.2) is 60.7 Å². The Balaban J connectivity index is 1.91. The summed E-state index contributed by atoms with van der Waals surface area (Å²) >= 11 is 0. The first-order valence-electron chi connectivity index (χ1n) is 6.62. The first-order chi connectivity index (χ1) is 10.6. The predicted octanol–water partition coefficient (Wildman–Crippen LogP) is 3.53. The van der Waals surface area contributed by atoms with Crippen molar-refractivity contribution in [2.24, 2.45) is 0 Å². The molecule has 2 N–H and O–H groups in total. The summed E-state index contributed by atoms with van der Waals surface area (Å²) in [5, 5.41) is 11.2. The number of amides is 1. The van der Waals surface area contributed by atoms with Crippen molar-refractivity contribution in [3.05, 3.63) is 71.8 Å². The molecule has 0 aliphatic carbocycles. The molecule has 0 atom stereocenters. The highest BCUT2D eigenvalue weighted by atomic mass is 16.5. The minimum atomic E-state index is -1.03. The van der Waals surface area contributed by atoms with Gasteiger partial charge in [0.1, 0.15) is 6.61 Å². The second-order valence-corrected chi connectivity index (χ2v) is 4.48. The number of carboxylic acids is 1. The molecule has 2 rings (SSSR count). The fraction of sp³-hybridized carbons (Fsp3) is 0.0588. The number of hydrogen-bond donors (Lipinski definition) is 2. The van der Waals surface area contributed by atoms with Crippen LogP contribution < -0.4 is 5.32 Å². The van der Waals surface area contributed by atoms with Crippen LogP contribution >= 0.6 is 0 Å². The maximum absolute atomic E-state index is 11.7. The Kier molecular flexibility index (Phi) is 5.31. The molecule has 2 aromatic carbocycles. The summed E-state index contributed by atoms with van der Waals surface area (Å²) in [6.45, 7) is 0.186. The summed E-state index contributed by atoms with van der Waals surface area (Å²) in [5.74, 6) is -1.03. The molecule has 0 aromatic heterocycles. The van der Waals surface area contributed by atoms with Gasteiger partial charge in [0.15, 0.2) is 0 Å². The Morgan fingerprint density at radius 2 is 1.86 bits per heavy atom. The van der Waals surface area contributed by atoms with Crippen molar-refractivity contribution in [2.75, 3.05) is 5.32 Å². The van der Waals surface area contributed by atoms with Crippen LogP contribution in [0.4, 0.5) is 10.5 Å². The van der Waals surface area contributed by atoms with E-state index in [-0.39, 0.29) is 6.61 Å². The zero-order valence-electron chi connectivity index (χ0n) is 11.7. The van der Waals surface area contributed by atoms with Gasteiger partial charge in [-0.25, -0.2) is 9.59 Å². The normalized spacial score (nSPS) is 10.4. The van der Waals surface area contributed by atoms with Crippen LogP contribution in [0.25, 0.3) is 6.08 Å². The van der Waals surface area contributed by atoms with Crippen LogP contribution in [0.5, 0.6) is 0 Å². The molecule has 0 bridgehead atoms. The number of carbonyl (C=O) groups is 2. The molecule has 2 aromatic rings. The van der Waals surface area contributed by atoms with Crippen LogP contribution in [-0.4, -0.2) is 17.2 Å². The lowest BCUT2D eigenvalue weighted by Crippen LogP contribution is -2.13. The molecule has 1 amide bonds. The number of rotatable bonds is 5. The van der Waals surface area contributed by atoms with Crippen LogP contribution in [-0.2, 0) is 16.1 Å². The lowest BCUT2D eigenvalue weighted by Gasteiger charge is -2.07. The van der Waals surface area contributed by atoms with Crippen molar-refractivity contribution in [1.29, 1.82) is 0 Å². The Labute approximate surface area is 127 Å². The summed E-state index contributed by atoms with van der Waals surface area (Å²) in [4.78, 5) is 22.2. The average Bonchev–Trinajstić information content (AvgIpc) is 2.52. The molecule has 0 aliphatic rings. The van der Waals surface area contributed by atoms with E-state index in [0.717, 1.165) is 11.6 Å². The summed E-state index contributed by atoms with van der Waals surface area (Å²) in [5.41, 5.74) is 2.10. The van der Waals surface area contributed by atoms with Gasteiger partial charge in [0.05, 0.1) is 0 Å². The molecule has 0 heterocycles. The lowest BCUT2D eigenvalue weighted by molar-refractivity contribution is -0.131. The molecule has 5 heteroatoms. The van der Waals surface area contributed by atoms with Crippen molar-refractivity contribution in [3.63, 3.8) is 0 Å². The van der Waals surface area contributed by atoms with Crippen LogP contribution in [0.3, 0.4) is 0 Å². The largest absolute Gasteiger partial charge is 0.478 e. The van der Waals surface area contributed by atoms with Crippen molar-refractivity contribution in [1.82, 2.24) is 0 Å². The van der Waals surface area contributed by atoms with Gasteiger partial charge in [-0.3, -0.25) is 5.32 Å². The fourth-order valence-electron chi connectivity index (χ4n) is 1.76. The van der Waals surface area contributed by atoms with E-state index in [1.54, 1.807) is 24.3 Å². The molecule has 0 unspecified atom stereocenters. The highest BCUT2D eigenvalue weighted by molar-refractivity contribution is 5.87. The Bertz CT molecular complexity index is 680. The second kappa shape index (κ2) is 7.64. The highest BCUT2D eigenvalue weighted by Gasteiger charge is 2.04. The van der Waals surface area contributed by atoms with E-state index in [1.165, 1.54) is 6.08 Å². The minimum Gasteiger partial charge on any atom is -0.478 e. The van der Waals surface area contributed by atoms with E-state index >= 15 is 0 Å². The summed E-state index contributed by atoms with van der Waals surface area (Å²) in [6, 6.07) is 16.2. The van der Waals surface area contributed by atoms with E-state index in [4.69, 9.17) is 9.84 Å². The number of benzene rings is 2. The SMILES string of the molecule is O=C(O)/C=C/c1cccc(NC(=O)OCc2ccccc2)c1. The number of anilines is 1. The first-order valence-corrected chi connectivity index (χ1v) is 6.62. The van der Waals surface area contributed by atoms with Gasteiger partial charge in [0.2, 0.25) is 0 Å². The fourth-order valence-corrected chi connectivity index (χ4v) is 1.76. The summed E-state index contributed by atoms with van der Waals surface area (Å²) in [7, 11) is 0. The maximum Gasteiger partial charge on any atom is 0.411 e. The Morgan fingerprint density at radius 1 is 1.09 bits per heavy atom. The standard InChI is InChI=1S/C17H15NO4/c19-16(20)10-9-13-7-4-8-15(11-13)18-17(21)22-12-14-5-2-1-3-6-14/h1-11H,12H2,(H,18,21)(H,19,20)/b10-9+. The van der Waals surface area contributed by atoms with E-state index in [1.807, 2.05) is 30.3 Å². The topological polar surface area (TPSA) is 75.6 Å². The van der Waals surface area contributed by atoms with Gasteiger partial charge >= 0.3 is 12.1 Å². The molecular weight excluding hydrogens is 282 g/mol. The van der Waals surface area contributed by atoms with Crippen molar-refractivity contribution >= 4 is 23.8 Å². The molecule has 112 valence electrons. The smallest absolute Gasteiger partial charge is 0.411 e. The molecule has 0 aliphatic heterocycles. The zero-order chi connectivity index (χ0) is 15.8. The van der Waals surface area contributed by atoms with Crippen LogP contribution in [0.1, 0.15) is 11.1 Å². The maximum atomic E-state index is 11.7. The molecule has 0 saturated carbocycles. The predicted molar refractivity (Wildman–Crippen MR) is 83.4 cm³/mol. The van der Waals surface area contributed by atoms with Crippen LogP contribution in [0, 0.1) is 0 Å². The lowest BCUT2D eigenvalue weighted by atomic mass is 10.2. The molecule has 0 radical (unpaired) electrons. The molecular formula is C17H15NO4. The van der Waals surface area contributed by atoms with Crippen molar-refractivity contribution < 1.29 is 19.4 Å². The third-order valence-electron chi connectivity index (χ3n) is 2.76. The molecule has 0 spiro atoms. The highest BCUT2D eigenvalue weighted by Crippen LogP contribution is 2.12. The molecule has 5 nitrogen and oxygen atoms in total. The van der Waals surface area contributed by atoms with Gasteiger partial charge in [0.25, 0.3) is 0 Å². The van der Waals surface area contributed by atoms with Gasteiger partial charge in [0, 0.05) is 11.8 Å². The van der Waals surface area contributed by atoms with Gasteiger partial charge in [-0.2, -0.15) is 0 Å². The van der Waals surface area contributed by atoms with Crippen molar-refractivity contribution in [2.45, 2.75) is 6.61 Å². The van der Waals surface area contributed by atoms with Gasteiger partial charge < -0.3 is 9.84 Å². The van der Waals surface area contributed by atoms with E-state index in [0.29, 0.717) is 11.3 Å². The number of nitrogens with one attached hydrogen (secondary N) is 1. The summed E-state index contributed by atoms with van der Waals surface area (Å²) < 4.78 is 5.11. The van der Waals surface area contributed by atoms with Crippen LogP contribution in [0.2, 0.25) is 0 Å².